The molecular weight excluding hydrogens is 295 g/mol. The van der Waals surface area contributed by atoms with Crippen LogP contribution in [0, 0.1) is 11.7 Å². The second-order valence-electron chi connectivity index (χ2n) is 6.27. The first kappa shape index (κ1) is 17.4. The molecule has 1 aliphatic rings. The van der Waals surface area contributed by atoms with Crippen molar-refractivity contribution < 1.29 is 14.0 Å². The Bertz CT molecular complexity index is 562. The van der Waals surface area contributed by atoms with Crippen LogP contribution in [0.1, 0.15) is 49.9 Å². The molecule has 4 nitrogen and oxygen atoms in total. The highest BCUT2D eigenvalue weighted by Crippen LogP contribution is 2.20. The third-order valence-corrected chi connectivity index (χ3v) is 4.29. The monoisotopic (exact) mass is 320 g/mol. The summed E-state index contributed by atoms with van der Waals surface area (Å²) in [5, 5.41) is 3.01. The van der Waals surface area contributed by atoms with Gasteiger partial charge in [-0.25, -0.2) is 4.39 Å². The summed E-state index contributed by atoms with van der Waals surface area (Å²) in [6.45, 7) is 5.00. The molecular formula is C18H25FN2O2. The lowest BCUT2D eigenvalue weighted by molar-refractivity contribution is -0.127. The highest BCUT2D eigenvalue weighted by atomic mass is 19.1. The first-order chi connectivity index (χ1) is 11.0. The number of carbonyl (C=O) groups is 2. The summed E-state index contributed by atoms with van der Waals surface area (Å²) in [4.78, 5) is 26.4. The Hall–Kier alpha value is -1.91. The Morgan fingerprint density at radius 2 is 2.13 bits per heavy atom. The lowest BCUT2D eigenvalue weighted by atomic mass is 9.96. The van der Waals surface area contributed by atoms with Gasteiger partial charge in [-0.1, -0.05) is 25.5 Å². The summed E-state index contributed by atoms with van der Waals surface area (Å²) in [6, 6.07) is 6.13. The number of benzene rings is 1. The number of hydrogen-bond donors (Lipinski definition) is 1. The zero-order chi connectivity index (χ0) is 16.8. The Balaban J connectivity index is 1.99. The summed E-state index contributed by atoms with van der Waals surface area (Å²) in [5.41, 5.74) is 0.0768. The molecule has 0 saturated carbocycles. The van der Waals surface area contributed by atoms with Crippen LogP contribution in [0.3, 0.4) is 0 Å². The molecule has 0 radical (unpaired) electrons. The molecule has 1 N–H and O–H groups in total. The molecule has 1 aliphatic heterocycles. The van der Waals surface area contributed by atoms with Crippen molar-refractivity contribution in [3.8, 4) is 0 Å². The molecule has 126 valence electrons. The second-order valence-corrected chi connectivity index (χ2v) is 6.27. The molecule has 1 aromatic carbocycles. The van der Waals surface area contributed by atoms with Crippen molar-refractivity contribution in [1.82, 2.24) is 10.2 Å². The zero-order valence-corrected chi connectivity index (χ0v) is 13.8. The van der Waals surface area contributed by atoms with Gasteiger partial charge >= 0.3 is 0 Å². The molecule has 2 amide bonds. The van der Waals surface area contributed by atoms with Gasteiger partial charge in [0.2, 0.25) is 5.91 Å². The standard InChI is InChI=1S/C18H25FN2O2/c1-3-7-13(2)20-17(22)14-8-6-11-21(12-14)18(23)15-9-4-5-10-16(15)19/h4-5,9-10,13-14H,3,6-8,11-12H2,1-2H3,(H,20,22)/t13-,14-/m1/s1. The van der Waals surface area contributed by atoms with Crippen LogP contribution in [-0.2, 0) is 4.79 Å². The molecule has 0 aromatic heterocycles. The van der Waals surface area contributed by atoms with Gasteiger partial charge < -0.3 is 10.2 Å². The van der Waals surface area contributed by atoms with Crippen molar-refractivity contribution in [1.29, 1.82) is 0 Å². The number of rotatable bonds is 5. The highest BCUT2D eigenvalue weighted by molar-refractivity contribution is 5.95. The normalized spacial score (nSPS) is 19.3. The Labute approximate surface area is 137 Å². The maximum atomic E-state index is 13.8. The van der Waals surface area contributed by atoms with Gasteiger partial charge in [-0.3, -0.25) is 9.59 Å². The maximum absolute atomic E-state index is 13.8. The smallest absolute Gasteiger partial charge is 0.256 e. The molecule has 5 heteroatoms. The fourth-order valence-electron chi connectivity index (χ4n) is 3.05. The van der Waals surface area contributed by atoms with Gasteiger partial charge in [0.05, 0.1) is 11.5 Å². The van der Waals surface area contributed by atoms with E-state index < -0.39 is 5.82 Å². The van der Waals surface area contributed by atoms with Gasteiger partial charge in [0.15, 0.2) is 0 Å². The lowest BCUT2D eigenvalue weighted by Crippen LogP contribution is -2.47. The van der Waals surface area contributed by atoms with Gasteiger partial charge in [0.25, 0.3) is 5.91 Å². The second kappa shape index (κ2) is 8.09. The fraction of sp³-hybridized carbons (Fsp3) is 0.556. The van der Waals surface area contributed by atoms with Crippen LogP contribution in [0.25, 0.3) is 0 Å². The molecule has 2 atom stereocenters. The van der Waals surface area contributed by atoms with Crippen molar-refractivity contribution in [3.05, 3.63) is 35.6 Å². The van der Waals surface area contributed by atoms with Crippen LogP contribution in [-0.4, -0.2) is 35.8 Å². The Morgan fingerprint density at radius 1 is 1.39 bits per heavy atom. The number of piperidine rings is 1. The van der Waals surface area contributed by atoms with Gasteiger partial charge in [0.1, 0.15) is 5.82 Å². The molecule has 23 heavy (non-hydrogen) atoms. The summed E-state index contributed by atoms with van der Waals surface area (Å²) in [5.74, 6) is -1.06. The van der Waals surface area contributed by atoms with E-state index in [4.69, 9.17) is 0 Å². The molecule has 1 fully saturated rings. The van der Waals surface area contributed by atoms with Crippen LogP contribution >= 0.6 is 0 Å². The van der Waals surface area contributed by atoms with Crippen LogP contribution in [0.5, 0.6) is 0 Å². The number of hydrogen-bond acceptors (Lipinski definition) is 2. The molecule has 0 spiro atoms. The van der Waals surface area contributed by atoms with Crippen molar-refractivity contribution in [2.75, 3.05) is 13.1 Å². The van der Waals surface area contributed by atoms with Gasteiger partial charge in [-0.15, -0.1) is 0 Å². The molecule has 0 unspecified atom stereocenters. The molecule has 1 saturated heterocycles. The quantitative estimate of drug-likeness (QED) is 0.907. The number of nitrogens with one attached hydrogen (secondary N) is 1. The van der Waals surface area contributed by atoms with Crippen molar-refractivity contribution in [2.24, 2.45) is 5.92 Å². The van der Waals surface area contributed by atoms with Crippen molar-refractivity contribution in [3.63, 3.8) is 0 Å². The van der Waals surface area contributed by atoms with Gasteiger partial charge in [-0.05, 0) is 38.3 Å². The molecule has 0 bridgehead atoms. The number of halogens is 1. The SMILES string of the molecule is CCC[C@@H](C)NC(=O)[C@@H]1CCCN(C(=O)c2ccccc2F)C1. The van der Waals surface area contributed by atoms with Crippen LogP contribution < -0.4 is 5.32 Å². The van der Waals surface area contributed by atoms with E-state index in [1.54, 1.807) is 17.0 Å². The Kier molecular flexibility index (Phi) is 6.13. The van der Waals surface area contributed by atoms with E-state index in [0.717, 1.165) is 25.7 Å². The van der Waals surface area contributed by atoms with Crippen LogP contribution in [0.2, 0.25) is 0 Å². The highest BCUT2D eigenvalue weighted by Gasteiger charge is 2.30. The first-order valence-electron chi connectivity index (χ1n) is 8.37. The molecule has 2 rings (SSSR count). The Morgan fingerprint density at radius 3 is 2.83 bits per heavy atom. The molecule has 1 aromatic rings. The average molecular weight is 320 g/mol. The van der Waals surface area contributed by atoms with Crippen LogP contribution in [0.4, 0.5) is 4.39 Å². The fourth-order valence-corrected chi connectivity index (χ4v) is 3.05. The number of carbonyl (C=O) groups excluding carboxylic acids is 2. The maximum Gasteiger partial charge on any atom is 0.256 e. The van der Waals surface area contributed by atoms with E-state index in [1.807, 2.05) is 6.92 Å². The minimum Gasteiger partial charge on any atom is -0.353 e. The minimum atomic E-state index is -0.513. The van der Waals surface area contributed by atoms with E-state index in [1.165, 1.54) is 12.1 Å². The lowest BCUT2D eigenvalue weighted by Gasteiger charge is -2.32. The summed E-state index contributed by atoms with van der Waals surface area (Å²) < 4.78 is 13.8. The zero-order valence-electron chi connectivity index (χ0n) is 13.8. The number of amides is 2. The largest absolute Gasteiger partial charge is 0.353 e. The summed E-state index contributed by atoms with van der Waals surface area (Å²) in [6.07, 6.45) is 3.49. The van der Waals surface area contributed by atoms with E-state index in [9.17, 15) is 14.0 Å². The van der Waals surface area contributed by atoms with Crippen molar-refractivity contribution in [2.45, 2.75) is 45.6 Å². The number of nitrogens with zero attached hydrogens (tertiary/aromatic N) is 1. The van der Waals surface area contributed by atoms with E-state index >= 15 is 0 Å². The van der Waals surface area contributed by atoms with E-state index in [2.05, 4.69) is 12.2 Å². The van der Waals surface area contributed by atoms with Gasteiger partial charge in [0, 0.05) is 19.1 Å². The summed E-state index contributed by atoms with van der Waals surface area (Å²) >= 11 is 0. The topological polar surface area (TPSA) is 49.4 Å². The third-order valence-electron chi connectivity index (χ3n) is 4.29. The third kappa shape index (κ3) is 4.53. The predicted octanol–water partition coefficient (Wildman–Crippen LogP) is 2.98. The summed E-state index contributed by atoms with van der Waals surface area (Å²) in [7, 11) is 0. The van der Waals surface area contributed by atoms with E-state index in [-0.39, 0.29) is 29.3 Å². The van der Waals surface area contributed by atoms with E-state index in [0.29, 0.717) is 13.1 Å². The van der Waals surface area contributed by atoms with Crippen LogP contribution in [0.15, 0.2) is 24.3 Å². The van der Waals surface area contributed by atoms with Crippen molar-refractivity contribution >= 4 is 11.8 Å². The average Bonchev–Trinajstić information content (AvgIpc) is 2.55. The molecule has 0 aliphatic carbocycles. The minimum absolute atomic E-state index is 0.00279. The molecule has 1 heterocycles. The first-order valence-corrected chi connectivity index (χ1v) is 8.37. The number of likely N-dealkylation sites (tertiary alicyclic amines) is 1. The predicted molar refractivity (Wildman–Crippen MR) is 87.5 cm³/mol. The van der Waals surface area contributed by atoms with Gasteiger partial charge in [-0.2, -0.15) is 0 Å².